The number of piperidine rings is 1. The number of para-hydroxylation sites is 1. The molecule has 0 aliphatic carbocycles. The van der Waals surface area contributed by atoms with E-state index in [9.17, 15) is 4.79 Å². The predicted molar refractivity (Wildman–Crippen MR) is 111 cm³/mol. The fourth-order valence-corrected chi connectivity index (χ4v) is 4.06. The van der Waals surface area contributed by atoms with Crippen molar-refractivity contribution in [3.05, 3.63) is 52.6 Å². The van der Waals surface area contributed by atoms with Crippen molar-refractivity contribution in [3.63, 3.8) is 0 Å². The number of morpholine rings is 1. The first-order valence-electron chi connectivity index (χ1n) is 10.1. The Morgan fingerprint density at radius 3 is 2.86 bits per heavy atom. The van der Waals surface area contributed by atoms with E-state index in [2.05, 4.69) is 44.4 Å². The lowest BCUT2D eigenvalue weighted by atomic mass is 10.0. The highest BCUT2D eigenvalue weighted by Crippen LogP contribution is 2.22. The van der Waals surface area contributed by atoms with Crippen molar-refractivity contribution in [2.75, 3.05) is 49.2 Å². The van der Waals surface area contributed by atoms with Crippen LogP contribution in [0.3, 0.4) is 0 Å². The van der Waals surface area contributed by atoms with Gasteiger partial charge < -0.3 is 24.4 Å². The van der Waals surface area contributed by atoms with Gasteiger partial charge in [0.05, 0.1) is 13.2 Å². The van der Waals surface area contributed by atoms with Crippen LogP contribution in [0.1, 0.15) is 18.4 Å². The molecule has 0 radical (unpaired) electrons. The normalized spacial score (nSPS) is 20.4. The van der Waals surface area contributed by atoms with Crippen molar-refractivity contribution >= 4 is 11.5 Å². The van der Waals surface area contributed by atoms with E-state index < -0.39 is 0 Å². The first-order chi connectivity index (χ1) is 13.7. The molecule has 1 atom stereocenters. The Labute approximate surface area is 165 Å². The number of hydrogen-bond acceptors (Lipinski definition) is 6. The Bertz CT molecular complexity index is 847. The van der Waals surface area contributed by atoms with Crippen LogP contribution < -0.4 is 20.7 Å². The maximum Gasteiger partial charge on any atom is 0.293 e. The van der Waals surface area contributed by atoms with E-state index in [-0.39, 0.29) is 5.56 Å². The van der Waals surface area contributed by atoms with Crippen molar-refractivity contribution in [2.45, 2.75) is 25.4 Å². The summed E-state index contributed by atoms with van der Waals surface area (Å²) in [5.41, 5.74) is 2.58. The molecule has 7 nitrogen and oxygen atoms in total. The fourth-order valence-electron chi connectivity index (χ4n) is 4.06. The molecule has 1 unspecified atom stereocenters. The molecule has 0 spiro atoms. The van der Waals surface area contributed by atoms with Gasteiger partial charge in [-0.2, -0.15) is 0 Å². The van der Waals surface area contributed by atoms with Gasteiger partial charge in [0, 0.05) is 63.9 Å². The number of nitrogens with zero attached hydrogens (tertiary/aromatic N) is 4. The molecule has 2 fully saturated rings. The molecule has 0 bridgehead atoms. The highest BCUT2D eigenvalue weighted by atomic mass is 16.5. The largest absolute Gasteiger partial charge is 0.378 e. The first-order valence-corrected chi connectivity index (χ1v) is 10.1. The number of anilines is 2. The van der Waals surface area contributed by atoms with Gasteiger partial charge in [0.2, 0.25) is 0 Å². The third-order valence-electron chi connectivity index (χ3n) is 5.64. The average Bonchev–Trinajstić information content (AvgIpc) is 2.75. The van der Waals surface area contributed by atoms with Gasteiger partial charge in [0.1, 0.15) is 0 Å². The molecule has 4 rings (SSSR count). The average molecular weight is 383 g/mol. The minimum absolute atomic E-state index is 0.0270. The monoisotopic (exact) mass is 383 g/mol. The molecule has 3 heterocycles. The van der Waals surface area contributed by atoms with Gasteiger partial charge in [-0.15, -0.1) is 0 Å². The van der Waals surface area contributed by atoms with E-state index in [0.29, 0.717) is 11.9 Å². The molecule has 150 valence electrons. The highest BCUT2D eigenvalue weighted by molar-refractivity contribution is 5.54. The summed E-state index contributed by atoms with van der Waals surface area (Å²) in [4.78, 5) is 21.3. The van der Waals surface area contributed by atoms with Crippen molar-refractivity contribution in [1.29, 1.82) is 0 Å². The zero-order valence-corrected chi connectivity index (χ0v) is 16.5. The molecule has 7 heteroatoms. The lowest BCUT2D eigenvalue weighted by Gasteiger charge is -2.34. The molecular formula is C21H29N5O2. The quantitative estimate of drug-likeness (QED) is 0.842. The van der Waals surface area contributed by atoms with E-state index in [0.717, 1.165) is 58.8 Å². The van der Waals surface area contributed by atoms with E-state index in [4.69, 9.17) is 4.74 Å². The van der Waals surface area contributed by atoms with Gasteiger partial charge in [-0.3, -0.25) is 4.79 Å². The maximum absolute atomic E-state index is 12.4. The molecule has 0 amide bonds. The van der Waals surface area contributed by atoms with Crippen LogP contribution in [0.4, 0.5) is 11.5 Å². The van der Waals surface area contributed by atoms with Gasteiger partial charge in [-0.1, -0.05) is 18.2 Å². The summed E-state index contributed by atoms with van der Waals surface area (Å²) in [5.74, 6) is 0.560. The number of aromatic nitrogens is 2. The van der Waals surface area contributed by atoms with Gasteiger partial charge in [0.15, 0.2) is 5.82 Å². The van der Waals surface area contributed by atoms with Gasteiger partial charge in [-0.25, -0.2) is 4.98 Å². The molecule has 28 heavy (non-hydrogen) atoms. The first kappa shape index (κ1) is 19.0. The predicted octanol–water partition coefficient (Wildman–Crippen LogP) is 1.38. The van der Waals surface area contributed by atoms with Crippen LogP contribution in [0.15, 0.2) is 41.5 Å². The molecular weight excluding hydrogens is 354 g/mol. The van der Waals surface area contributed by atoms with Crippen LogP contribution in [0.25, 0.3) is 0 Å². The zero-order valence-electron chi connectivity index (χ0n) is 16.5. The number of hydrogen-bond donors (Lipinski definition) is 1. The van der Waals surface area contributed by atoms with Crippen molar-refractivity contribution in [1.82, 2.24) is 14.9 Å². The smallest absolute Gasteiger partial charge is 0.293 e. The fraction of sp³-hybridized carbons (Fsp3) is 0.524. The summed E-state index contributed by atoms with van der Waals surface area (Å²) in [6, 6.07) is 8.96. The lowest BCUT2D eigenvalue weighted by Crippen LogP contribution is -2.47. The molecule has 2 aliphatic rings. The second-order valence-corrected chi connectivity index (χ2v) is 7.56. The van der Waals surface area contributed by atoms with Crippen LogP contribution >= 0.6 is 0 Å². The zero-order chi connectivity index (χ0) is 19.3. The Morgan fingerprint density at radius 1 is 1.18 bits per heavy atom. The topological polar surface area (TPSA) is 62.6 Å². The maximum atomic E-state index is 12.4. The van der Waals surface area contributed by atoms with E-state index in [1.165, 1.54) is 11.3 Å². The third kappa shape index (κ3) is 4.20. The van der Waals surface area contributed by atoms with Crippen molar-refractivity contribution < 1.29 is 4.74 Å². The molecule has 1 N–H and O–H groups in total. The molecule has 0 saturated carbocycles. The second-order valence-electron chi connectivity index (χ2n) is 7.56. The molecule has 2 saturated heterocycles. The minimum atomic E-state index is -0.0270. The second kappa shape index (κ2) is 8.75. The lowest BCUT2D eigenvalue weighted by molar-refractivity contribution is 0.122. The highest BCUT2D eigenvalue weighted by Gasteiger charge is 2.23. The van der Waals surface area contributed by atoms with Crippen LogP contribution in [-0.4, -0.2) is 55.0 Å². The summed E-state index contributed by atoms with van der Waals surface area (Å²) in [7, 11) is 1.77. The van der Waals surface area contributed by atoms with Crippen LogP contribution in [0.2, 0.25) is 0 Å². The number of ether oxygens (including phenoxy) is 1. The summed E-state index contributed by atoms with van der Waals surface area (Å²) in [6.45, 7) is 5.98. The number of rotatable bonds is 5. The Morgan fingerprint density at radius 2 is 2.00 bits per heavy atom. The minimum Gasteiger partial charge on any atom is -0.378 e. The Kier molecular flexibility index (Phi) is 5.92. The van der Waals surface area contributed by atoms with Gasteiger partial charge in [0.25, 0.3) is 5.56 Å². The van der Waals surface area contributed by atoms with E-state index >= 15 is 0 Å². The standard InChI is InChI=1S/C21H29N5O2/c1-24-10-8-22-20(21(24)27)26-9-4-6-18(16-26)23-15-17-5-2-3-7-19(17)25-11-13-28-14-12-25/h2-3,5,7-8,10,18,23H,4,6,9,11-16H2,1H3. The van der Waals surface area contributed by atoms with Crippen molar-refractivity contribution in [3.8, 4) is 0 Å². The van der Waals surface area contributed by atoms with Gasteiger partial charge >= 0.3 is 0 Å². The molecule has 2 aromatic rings. The summed E-state index contributed by atoms with van der Waals surface area (Å²) >= 11 is 0. The Hall–Kier alpha value is -2.38. The van der Waals surface area contributed by atoms with Crippen LogP contribution in [-0.2, 0) is 18.3 Å². The number of nitrogens with one attached hydrogen (secondary N) is 1. The van der Waals surface area contributed by atoms with Gasteiger partial charge in [-0.05, 0) is 24.5 Å². The van der Waals surface area contributed by atoms with Crippen LogP contribution in [0, 0.1) is 0 Å². The van der Waals surface area contributed by atoms with Crippen LogP contribution in [0.5, 0.6) is 0 Å². The molecule has 1 aromatic heterocycles. The van der Waals surface area contributed by atoms with E-state index in [1.807, 2.05) is 0 Å². The molecule has 2 aliphatic heterocycles. The summed E-state index contributed by atoms with van der Waals surface area (Å²) < 4.78 is 7.09. The summed E-state index contributed by atoms with van der Waals surface area (Å²) in [6.07, 6.45) is 5.58. The summed E-state index contributed by atoms with van der Waals surface area (Å²) in [5, 5.41) is 3.71. The molecule has 1 aromatic carbocycles. The van der Waals surface area contributed by atoms with Crippen molar-refractivity contribution in [2.24, 2.45) is 7.05 Å². The SMILES string of the molecule is Cn1ccnc(N2CCCC(NCc3ccccc3N3CCOCC3)C2)c1=O. The Balaban J connectivity index is 1.41. The van der Waals surface area contributed by atoms with E-state index in [1.54, 1.807) is 24.0 Å². The third-order valence-corrected chi connectivity index (χ3v) is 5.64. The number of benzene rings is 1. The number of aryl methyl sites for hydroxylation is 1.